The number of rotatable bonds is 9. The highest BCUT2D eigenvalue weighted by atomic mass is 28.4. The number of aromatic nitrogens is 2. The first-order valence-corrected chi connectivity index (χ1v) is 14.8. The average Bonchev–Trinajstić information content (AvgIpc) is 3.19. The molecular weight excluding hydrogens is 486 g/mol. The molecule has 0 saturated carbocycles. The van der Waals surface area contributed by atoms with Gasteiger partial charge in [-0.25, -0.2) is 4.79 Å². The van der Waals surface area contributed by atoms with Crippen LogP contribution < -0.4 is 11.2 Å². The Kier molecular flexibility index (Phi) is 8.36. The molecule has 4 atom stereocenters. The summed E-state index contributed by atoms with van der Waals surface area (Å²) in [4.78, 5) is 38.2. The van der Waals surface area contributed by atoms with Gasteiger partial charge >= 0.3 is 5.69 Å². The van der Waals surface area contributed by atoms with Gasteiger partial charge in [0.1, 0.15) is 12.3 Å². The number of aromatic amines is 1. The number of nitrogens with one attached hydrogen (secondary N) is 1. The van der Waals surface area contributed by atoms with Crippen LogP contribution in [0.3, 0.4) is 0 Å². The lowest BCUT2D eigenvalue weighted by Crippen LogP contribution is -2.46. The smallest absolute Gasteiger partial charge is 0.330 e. The van der Waals surface area contributed by atoms with Crippen LogP contribution in [0, 0.1) is 10.1 Å². The Morgan fingerprint density at radius 1 is 1.31 bits per heavy atom. The van der Waals surface area contributed by atoms with Crippen molar-refractivity contribution in [2.75, 3.05) is 6.61 Å². The second-order valence-corrected chi connectivity index (χ2v) is 15.3. The second kappa shape index (κ2) is 10.8. The van der Waals surface area contributed by atoms with Gasteiger partial charge in [0.25, 0.3) is 11.2 Å². The van der Waals surface area contributed by atoms with Crippen molar-refractivity contribution < 1.29 is 23.9 Å². The van der Waals surface area contributed by atoms with Crippen LogP contribution in [0.25, 0.3) is 0 Å². The van der Waals surface area contributed by atoms with Gasteiger partial charge < -0.3 is 19.0 Å². The fraction of sp³-hybridized carbons (Fsp3) is 0.583. The van der Waals surface area contributed by atoms with E-state index in [-0.39, 0.29) is 29.5 Å². The maximum Gasteiger partial charge on any atom is 0.330 e. The molecule has 2 N–H and O–H groups in total. The minimum atomic E-state index is -2.17. The lowest BCUT2D eigenvalue weighted by molar-refractivity contribution is -0.386. The van der Waals surface area contributed by atoms with E-state index in [2.05, 4.69) is 38.8 Å². The quantitative estimate of drug-likeness (QED) is 0.290. The zero-order chi connectivity index (χ0) is 26.8. The predicted octanol–water partition coefficient (Wildman–Crippen LogP) is 3.39. The highest BCUT2D eigenvalue weighted by molar-refractivity contribution is 6.74. The molecule has 1 saturated heterocycles. The Morgan fingerprint density at radius 3 is 2.58 bits per heavy atom. The molecule has 36 heavy (non-hydrogen) atoms. The maximum atomic E-state index is 12.6. The standard InChI is InChI=1S/C24H35N3O8Si/c1-15(17-9-7-8-10-18(17)27(31)32)33-14-16-12-26(23(30)25-22(16)29)21-11-19(20(13-28)34-21)35-36(5,6)24(2,3)4/h7-10,12,15,19-21,28H,11,13-14H2,1-6H3,(H,25,29,30)/t15?,19?,20-,21-/m1/s1. The summed E-state index contributed by atoms with van der Waals surface area (Å²) in [5, 5.41) is 21.2. The number of hydrogen-bond acceptors (Lipinski definition) is 8. The molecule has 0 spiro atoms. The van der Waals surface area contributed by atoms with E-state index in [0.717, 1.165) is 0 Å². The number of nitro groups is 1. The Morgan fingerprint density at radius 2 is 1.97 bits per heavy atom. The minimum Gasteiger partial charge on any atom is -0.411 e. The zero-order valence-electron chi connectivity index (χ0n) is 21.5. The van der Waals surface area contributed by atoms with Crippen LogP contribution in [0.1, 0.15) is 57.6 Å². The molecule has 2 unspecified atom stereocenters. The Balaban J connectivity index is 1.80. The highest BCUT2D eigenvalue weighted by Gasteiger charge is 2.45. The highest BCUT2D eigenvalue weighted by Crippen LogP contribution is 2.40. The molecule has 0 radical (unpaired) electrons. The molecule has 0 bridgehead atoms. The summed E-state index contributed by atoms with van der Waals surface area (Å²) >= 11 is 0. The number of nitrogens with zero attached hydrogens (tertiary/aromatic N) is 2. The third kappa shape index (κ3) is 6.01. The summed E-state index contributed by atoms with van der Waals surface area (Å²) in [7, 11) is -2.17. The van der Waals surface area contributed by atoms with Crippen molar-refractivity contribution >= 4 is 14.0 Å². The van der Waals surface area contributed by atoms with Crippen LogP contribution in [0.2, 0.25) is 18.1 Å². The molecule has 1 aromatic carbocycles. The zero-order valence-corrected chi connectivity index (χ0v) is 22.5. The third-order valence-electron chi connectivity index (χ3n) is 7.02. The van der Waals surface area contributed by atoms with Crippen molar-refractivity contribution in [2.24, 2.45) is 0 Å². The molecule has 1 aliphatic rings. The van der Waals surface area contributed by atoms with Crippen LogP contribution in [0.15, 0.2) is 40.1 Å². The Bertz CT molecular complexity index is 1200. The van der Waals surface area contributed by atoms with Crippen molar-refractivity contribution in [2.45, 2.75) is 83.4 Å². The van der Waals surface area contributed by atoms with Gasteiger partial charge in [0.15, 0.2) is 8.32 Å². The molecule has 1 aromatic heterocycles. The van der Waals surface area contributed by atoms with E-state index in [1.54, 1.807) is 25.1 Å². The van der Waals surface area contributed by atoms with E-state index in [1.807, 2.05) is 0 Å². The lowest BCUT2D eigenvalue weighted by atomic mass is 10.1. The number of aliphatic hydroxyl groups is 1. The second-order valence-electron chi connectivity index (χ2n) is 10.6. The monoisotopic (exact) mass is 521 g/mol. The summed E-state index contributed by atoms with van der Waals surface area (Å²) < 4.78 is 19.5. The third-order valence-corrected chi connectivity index (χ3v) is 11.5. The van der Waals surface area contributed by atoms with Crippen molar-refractivity contribution in [3.05, 3.63) is 72.5 Å². The normalized spacial score (nSPS) is 21.5. The first-order chi connectivity index (χ1) is 16.7. The van der Waals surface area contributed by atoms with Gasteiger partial charge in [0, 0.05) is 18.7 Å². The number of nitro benzene ring substituents is 1. The van der Waals surface area contributed by atoms with Gasteiger partial charge in [-0.1, -0.05) is 32.9 Å². The molecule has 0 amide bonds. The number of para-hydroxylation sites is 1. The number of aliphatic hydroxyl groups excluding tert-OH is 1. The van der Waals surface area contributed by atoms with E-state index in [9.17, 15) is 24.8 Å². The molecule has 1 aliphatic heterocycles. The molecule has 0 aliphatic carbocycles. The average molecular weight is 522 g/mol. The SMILES string of the molecule is CC(OCc1cn([C@H]2CC(O[Si](C)(C)C(C)(C)C)[C@@H](CO)O2)c(=O)[nH]c1=O)c1ccccc1[N+](=O)[O-]. The molecule has 1 fully saturated rings. The fourth-order valence-electron chi connectivity index (χ4n) is 3.86. The summed E-state index contributed by atoms with van der Waals surface area (Å²) in [5.74, 6) is 0. The Labute approximate surface area is 210 Å². The minimum absolute atomic E-state index is 0.0467. The predicted molar refractivity (Wildman–Crippen MR) is 135 cm³/mol. The first kappa shape index (κ1) is 27.9. The number of hydrogen-bond donors (Lipinski definition) is 2. The van der Waals surface area contributed by atoms with Crippen LogP contribution in [0.4, 0.5) is 5.69 Å². The molecule has 3 rings (SSSR count). The molecule has 12 heteroatoms. The van der Waals surface area contributed by atoms with Crippen molar-refractivity contribution in [1.82, 2.24) is 9.55 Å². The van der Waals surface area contributed by atoms with Gasteiger partial charge in [-0.2, -0.15) is 0 Å². The lowest BCUT2D eigenvalue weighted by Gasteiger charge is -2.39. The topological polar surface area (TPSA) is 146 Å². The molecule has 198 valence electrons. The van der Waals surface area contributed by atoms with Gasteiger partial charge in [0.2, 0.25) is 0 Å². The van der Waals surface area contributed by atoms with E-state index in [0.29, 0.717) is 12.0 Å². The van der Waals surface area contributed by atoms with Crippen molar-refractivity contribution in [3.8, 4) is 0 Å². The van der Waals surface area contributed by atoms with Crippen LogP contribution >= 0.6 is 0 Å². The summed E-state index contributed by atoms with van der Waals surface area (Å²) in [6.45, 7) is 11.8. The molecular formula is C24H35N3O8Si. The van der Waals surface area contributed by atoms with E-state index in [4.69, 9.17) is 13.9 Å². The maximum absolute atomic E-state index is 12.6. The van der Waals surface area contributed by atoms with Crippen molar-refractivity contribution in [1.29, 1.82) is 0 Å². The molecule has 11 nitrogen and oxygen atoms in total. The van der Waals surface area contributed by atoms with Gasteiger partial charge in [-0.15, -0.1) is 0 Å². The van der Waals surface area contributed by atoms with Crippen LogP contribution in [-0.2, 0) is 20.5 Å². The molecule has 2 aromatic rings. The van der Waals surface area contributed by atoms with Gasteiger partial charge in [-0.05, 0) is 31.1 Å². The summed E-state index contributed by atoms with van der Waals surface area (Å²) in [5.41, 5.74) is -0.797. The molecule has 2 heterocycles. The van der Waals surface area contributed by atoms with Gasteiger partial charge in [0.05, 0.1) is 41.5 Å². The van der Waals surface area contributed by atoms with E-state index >= 15 is 0 Å². The van der Waals surface area contributed by atoms with E-state index < -0.39 is 49.0 Å². The summed E-state index contributed by atoms with van der Waals surface area (Å²) in [6.07, 6.45) is -0.722. The van der Waals surface area contributed by atoms with Crippen LogP contribution in [0.5, 0.6) is 0 Å². The van der Waals surface area contributed by atoms with E-state index in [1.165, 1.54) is 16.8 Å². The van der Waals surface area contributed by atoms with Crippen LogP contribution in [-0.4, -0.2) is 46.7 Å². The number of H-pyrrole nitrogens is 1. The number of ether oxygens (including phenoxy) is 2. The van der Waals surface area contributed by atoms with Gasteiger partial charge in [-0.3, -0.25) is 24.5 Å². The van der Waals surface area contributed by atoms with Crippen molar-refractivity contribution in [3.63, 3.8) is 0 Å². The fourth-order valence-corrected chi connectivity index (χ4v) is 5.22. The largest absolute Gasteiger partial charge is 0.411 e. The number of benzene rings is 1. The summed E-state index contributed by atoms with van der Waals surface area (Å²) in [6, 6.07) is 6.22. The first-order valence-electron chi connectivity index (χ1n) is 11.9. The Hall–Kier alpha value is -2.64.